The quantitative estimate of drug-likeness (QED) is 0.347. The lowest BCUT2D eigenvalue weighted by Gasteiger charge is -2.42. The summed E-state index contributed by atoms with van der Waals surface area (Å²) in [6, 6.07) is 21.4. The first-order valence-corrected chi connectivity index (χ1v) is 13.0. The fourth-order valence-electron chi connectivity index (χ4n) is 5.89. The molecule has 3 aromatic rings. The molecule has 6 rings (SSSR count). The molecule has 36 heavy (non-hydrogen) atoms. The summed E-state index contributed by atoms with van der Waals surface area (Å²) in [5.74, 6) is 2.62. The van der Waals surface area contributed by atoms with Crippen molar-refractivity contribution in [2.75, 3.05) is 19.1 Å². The number of aromatic nitrogens is 2. The van der Waals surface area contributed by atoms with Gasteiger partial charge in [-0.3, -0.25) is 9.47 Å². The van der Waals surface area contributed by atoms with Crippen LogP contribution in [0.1, 0.15) is 36.6 Å². The molecule has 0 radical (unpaired) electrons. The second kappa shape index (κ2) is 8.79. The summed E-state index contributed by atoms with van der Waals surface area (Å²) in [6.07, 6.45) is 9.18. The van der Waals surface area contributed by atoms with Crippen LogP contribution in [0.5, 0.6) is 0 Å². The highest BCUT2D eigenvalue weighted by atomic mass is 32.2. The van der Waals surface area contributed by atoms with Crippen molar-refractivity contribution in [3.8, 4) is 0 Å². The van der Waals surface area contributed by atoms with Crippen LogP contribution in [0, 0.1) is 0 Å². The van der Waals surface area contributed by atoms with Crippen LogP contribution in [-0.2, 0) is 9.47 Å². The number of rotatable bonds is 6. The lowest BCUT2D eigenvalue weighted by atomic mass is 9.78. The van der Waals surface area contributed by atoms with Crippen LogP contribution in [0.4, 0.5) is 5.95 Å². The van der Waals surface area contributed by atoms with E-state index in [0.29, 0.717) is 0 Å². The molecule has 1 aliphatic carbocycles. The zero-order valence-electron chi connectivity index (χ0n) is 20.9. The van der Waals surface area contributed by atoms with E-state index in [4.69, 9.17) is 14.5 Å². The lowest BCUT2D eigenvalue weighted by Crippen LogP contribution is -2.48. The van der Waals surface area contributed by atoms with Crippen LogP contribution in [0.3, 0.4) is 0 Å². The largest absolute Gasteiger partial charge is 0.496 e. The smallest absolute Gasteiger partial charge is 0.219 e. The predicted molar refractivity (Wildman–Crippen MR) is 145 cm³/mol. The topological polar surface area (TPSA) is 39.5 Å². The summed E-state index contributed by atoms with van der Waals surface area (Å²) in [5.41, 5.74) is 5.65. The van der Waals surface area contributed by atoms with E-state index in [1.54, 1.807) is 14.2 Å². The van der Waals surface area contributed by atoms with Gasteiger partial charge in [0, 0.05) is 12.0 Å². The molecule has 2 aromatic carbocycles. The molecule has 0 fully saturated rings. The summed E-state index contributed by atoms with van der Waals surface area (Å²) < 4.78 is 14.1. The van der Waals surface area contributed by atoms with Crippen molar-refractivity contribution in [1.29, 1.82) is 0 Å². The highest BCUT2D eigenvalue weighted by Gasteiger charge is 2.54. The maximum atomic E-state index is 5.90. The van der Waals surface area contributed by atoms with Crippen molar-refractivity contribution >= 4 is 23.4 Å². The van der Waals surface area contributed by atoms with E-state index in [1.807, 2.05) is 24.0 Å². The van der Waals surface area contributed by atoms with Gasteiger partial charge in [0.1, 0.15) is 16.3 Å². The van der Waals surface area contributed by atoms with Gasteiger partial charge in [0.2, 0.25) is 5.95 Å². The van der Waals surface area contributed by atoms with Crippen molar-refractivity contribution < 1.29 is 9.47 Å². The third-order valence-corrected chi connectivity index (χ3v) is 8.56. The summed E-state index contributed by atoms with van der Waals surface area (Å²) in [4.78, 5) is 7.21. The van der Waals surface area contributed by atoms with E-state index in [0.717, 1.165) is 34.6 Å². The Kier molecular flexibility index (Phi) is 5.56. The Labute approximate surface area is 216 Å². The SMILES string of the molecule is COC1=CC=CC23CC(C)=C(OC)C(C)=C2n2c(SC(c4ccccc4)c4ccccc4)cnc2N13. The third kappa shape index (κ3) is 3.28. The van der Waals surface area contributed by atoms with Crippen LogP contribution < -0.4 is 4.90 Å². The van der Waals surface area contributed by atoms with Gasteiger partial charge in [0.15, 0.2) is 5.88 Å². The number of nitrogens with zero attached hydrogens (tertiary/aromatic N) is 3. The zero-order chi connectivity index (χ0) is 24.9. The Morgan fingerprint density at radius 2 is 1.61 bits per heavy atom. The molecule has 0 bridgehead atoms. The molecule has 6 heteroatoms. The molecule has 3 heterocycles. The Morgan fingerprint density at radius 3 is 2.22 bits per heavy atom. The molecule has 0 N–H and O–H groups in total. The number of benzene rings is 2. The second-order valence-corrected chi connectivity index (χ2v) is 10.5. The normalized spacial score (nSPS) is 20.4. The monoisotopic (exact) mass is 495 g/mol. The zero-order valence-corrected chi connectivity index (χ0v) is 21.8. The number of hydrogen-bond donors (Lipinski definition) is 0. The van der Waals surface area contributed by atoms with E-state index in [2.05, 4.69) is 96.1 Å². The minimum Gasteiger partial charge on any atom is -0.496 e. The molecule has 1 atom stereocenters. The molecule has 0 amide bonds. The average molecular weight is 496 g/mol. The van der Waals surface area contributed by atoms with Crippen molar-refractivity contribution in [3.05, 3.63) is 119 Å². The van der Waals surface area contributed by atoms with Crippen LogP contribution in [0.2, 0.25) is 0 Å². The van der Waals surface area contributed by atoms with E-state index < -0.39 is 5.54 Å². The number of ether oxygens (including phenoxy) is 2. The molecule has 1 spiro atoms. The predicted octanol–water partition coefficient (Wildman–Crippen LogP) is 6.94. The fourth-order valence-corrected chi connectivity index (χ4v) is 7.11. The number of hydrogen-bond acceptors (Lipinski definition) is 5. The van der Waals surface area contributed by atoms with Crippen LogP contribution >= 0.6 is 11.8 Å². The maximum absolute atomic E-state index is 5.90. The molecule has 0 saturated heterocycles. The van der Waals surface area contributed by atoms with Gasteiger partial charge in [-0.05, 0) is 36.6 Å². The van der Waals surface area contributed by atoms with Crippen LogP contribution in [0.15, 0.2) is 113 Å². The standard InChI is InChI=1S/C30H29N3O2S/c1-20-18-30-17-11-16-24(34-3)33(30)29-31-19-25(32(29)28(30)21(2)26(20)35-4)36-27(22-12-7-5-8-13-22)23-14-9-6-10-15-23/h5-17,19,27H,18H2,1-4H3. The minimum atomic E-state index is -0.399. The van der Waals surface area contributed by atoms with Crippen LogP contribution in [0.25, 0.3) is 5.70 Å². The first kappa shape index (κ1) is 22.8. The Hall–Kier alpha value is -3.64. The highest BCUT2D eigenvalue weighted by molar-refractivity contribution is 7.99. The third-order valence-electron chi connectivity index (χ3n) is 7.25. The van der Waals surface area contributed by atoms with Gasteiger partial charge in [0.05, 0.1) is 31.4 Å². The second-order valence-electron chi connectivity index (χ2n) is 9.34. The molecule has 3 aliphatic rings. The summed E-state index contributed by atoms with van der Waals surface area (Å²) in [6.45, 7) is 4.31. The minimum absolute atomic E-state index is 0.124. The van der Waals surface area contributed by atoms with Gasteiger partial charge in [-0.15, -0.1) is 0 Å². The molecule has 1 unspecified atom stereocenters. The van der Waals surface area contributed by atoms with Gasteiger partial charge in [-0.1, -0.05) is 84.6 Å². The molecular formula is C30H29N3O2S. The van der Waals surface area contributed by atoms with Gasteiger partial charge in [-0.25, -0.2) is 4.98 Å². The van der Waals surface area contributed by atoms with Crippen LogP contribution in [-0.4, -0.2) is 29.3 Å². The van der Waals surface area contributed by atoms with E-state index in [1.165, 1.54) is 22.4 Å². The molecule has 0 saturated carbocycles. The van der Waals surface area contributed by atoms with Crippen molar-refractivity contribution in [3.63, 3.8) is 0 Å². The molecule has 2 aliphatic heterocycles. The Balaban J connectivity index is 1.54. The first-order valence-electron chi connectivity index (χ1n) is 12.1. The van der Waals surface area contributed by atoms with E-state index in [9.17, 15) is 0 Å². The number of imidazole rings is 1. The fraction of sp³-hybridized carbons (Fsp3) is 0.233. The first-order chi connectivity index (χ1) is 17.6. The van der Waals surface area contributed by atoms with Gasteiger partial charge in [-0.2, -0.15) is 0 Å². The lowest BCUT2D eigenvalue weighted by molar-refractivity contribution is 0.262. The van der Waals surface area contributed by atoms with E-state index in [-0.39, 0.29) is 5.25 Å². The number of allylic oxidation sites excluding steroid dienone is 3. The number of thioether (sulfide) groups is 1. The summed E-state index contributed by atoms with van der Waals surface area (Å²) in [5, 5.41) is 1.21. The van der Waals surface area contributed by atoms with Gasteiger partial charge in [0.25, 0.3) is 0 Å². The van der Waals surface area contributed by atoms with Crippen molar-refractivity contribution in [2.24, 2.45) is 0 Å². The maximum Gasteiger partial charge on any atom is 0.219 e. The number of anilines is 1. The van der Waals surface area contributed by atoms with E-state index >= 15 is 0 Å². The van der Waals surface area contributed by atoms with Crippen molar-refractivity contribution in [1.82, 2.24) is 9.55 Å². The molecule has 5 nitrogen and oxygen atoms in total. The number of methoxy groups -OCH3 is 2. The number of fused-ring (bicyclic) bond motifs is 3. The summed E-state index contributed by atoms with van der Waals surface area (Å²) in [7, 11) is 3.49. The molecular weight excluding hydrogens is 466 g/mol. The highest BCUT2D eigenvalue weighted by Crippen LogP contribution is 2.56. The van der Waals surface area contributed by atoms with Crippen molar-refractivity contribution in [2.45, 2.75) is 36.1 Å². The van der Waals surface area contributed by atoms with Gasteiger partial charge < -0.3 is 9.47 Å². The average Bonchev–Trinajstić information content (AvgIpc) is 3.43. The van der Waals surface area contributed by atoms with Gasteiger partial charge >= 0.3 is 0 Å². The Morgan fingerprint density at radius 1 is 0.944 bits per heavy atom. The summed E-state index contributed by atoms with van der Waals surface area (Å²) >= 11 is 1.82. The molecule has 1 aromatic heterocycles. The Bertz CT molecular complexity index is 1400. The molecule has 182 valence electrons.